The molecule has 0 bridgehead atoms. The second-order valence-electron chi connectivity index (χ2n) is 6.18. The van der Waals surface area contributed by atoms with Gasteiger partial charge in [0.2, 0.25) is 5.91 Å². The van der Waals surface area contributed by atoms with Gasteiger partial charge in [0.15, 0.2) is 0 Å². The van der Waals surface area contributed by atoms with Gasteiger partial charge in [-0.05, 0) is 37.8 Å². The van der Waals surface area contributed by atoms with E-state index in [0.29, 0.717) is 10.8 Å². The molecule has 1 saturated carbocycles. The van der Waals surface area contributed by atoms with Crippen LogP contribution in [0.25, 0.3) is 0 Å². The van der Waals surface area contributed by atoms with E-state index in [4.69, 9.17) is 0 Å². The second-order valence-corrected chi connectivity index (χ2v) is 9.42. The summed E-state index contributed by atoms with van der Waals surface area (Å²) in [5.74, 6) is 0.153. The van der Waals surface area contributed by atoms with E-state index in [2.05, 4.69) is 5.32 Å². The number of amides is 1. The lowest BCUT2D eigenvalue weighted by Crippen LogP contribution is -2.42. The molecule has 1 fully saturated rings. The fraction of sp³-hybridized carbons (Fsp3) is 0.667. The van der Waals surface area contributed by atoms with Crippen molar-refractivity contribution < 1.29 is 13.2 Å². The summed E-state index contributed by atoms with van der Waals surface area (Å²) in [7, 11) is -3.46. The second kappa shape index (κ2) is 6.68. The van der Waals surface area contributed by atoms with Gasteiger partial charge in [-0.15, -0.1) is 11.3 Å². The molecule has 1 aliphatic carbocycles. The van der Waals surface area contributed by atoms with Crippen molar-refractivity contribution in [1.29, 1.82) is 0 Å². The van der Waals surface area contributed by atoms with Crippen LogP contribution in [-0.4, -0.2) is 30.7 Å². The zero-order valence-corrected chi connectivity index (χ0v) is 15.1. The lowest BCUT2D eigenvalue weighted by molar-refractivity contribution is -0.119. The Morgan fingerprint density at radius 3 is 2.50 bits per heavy atom. The first-order valence-corrected chi connectivity index (χ1v) is 9.86. The standard InChI is InChI=1S/C15H24N2O3S2/c1-10(2)11(3)17(13-5-6-13)22(19,20)15-8-7-14(21-15)9-16-12(4)18/h7-8,10-11,13H,5-6,9H2,1-4H3,(H,16,18)/t11-/m1/s1. The van der Waals surface area contributed by atoms with Gasteiger partial charge in [0.05, 0.1) is 6.54 Å². The maximum absolute atomic E-state index is 13.0. The fourth-order valence-electron chi connectivity index (χ4n) is 2.28. The smallest absolute Gasteiger partial charge is 0.253 e. The summed E-state index contributed by atoms with van der Waals surface area (Å²) in [5.41, 5.74) is 0. The topological polar surface area (TPSA) is 66.5 Å². The maximum Gasteiger partial charge on any atom is 0.253 e. The van der Waals surface area contributed by atoms with Crippen LogP contribution in [0.1, 0.15) is 45.4 Å². The van der Waals surface area contributed by atoms with Crippen LogP contribution in [-0.2, 0) is 21.4 Å². The summed E-state index contributed by atoms with van der Waals surface area (Å²) in [6.45, 7) is 7.90. The largest absolute Gasteiger partial charge is 0.351 e. The SMILES string of the molecule is CC(=O)NCc1ccc(S(=O)(=O)N(C2CC2)[C@H](C)C(C)C)s1. The maximum atomic E-state index is 13.0. The normalized spacial score (nSPS) is 17.0. The van der Waals surface area contributed by atoms with E-state index in [1.807, 2.05) is 20.8 Å². The summed E-state index contributed by atoms with van der Waals surface area (Å²) in [6.07, 6.45) is 1.89. The molecule has 0 radical (unpaired) electrons. The van der Waals surface area contributed by atoms with Gasteiger partial charge in [0.1, 0.15) is 4.21 Å². The molecular weight excluding hydrogens is 320 g/mol. The molecule has 1 aromatic rings. The Labute approximate surface area is 136 Å². The minimum absolute atomic E-state index is 0.0154. The average Bonchev–Trinajstić information content (AvgIpc) is 3.12. The molecule has 1 aliphatic rings. The number of sulfonamides is 1. The van der Waals surface area contributed by atoms with Gasteiger partial charge in [-0.1, -0.05) is 13.8 Å². The van der Waals surface area contributed by atoms with Gasteiger partial charge in [0, 0.05) is 23.9 Å². The quantitative estimate of drug-likeness (QED) is 0.827. The molecule has 2 rings (SSSR count). The molecule has 1 atom stereocenters. The van der Waals surface area contributed by atoms with Crippen LogP contribution in [0.15, 0.2) is 16.3 Å². The molecule has 5 nitrogen and oxygen atoms in total. The Morgan fingerprint density at radius 1 is 1.36 bits per heavy atom. The van der Waals surface area contributed by atoms with E-state index in [1.165, 1.54) is 18.3 Å². The fourth-order valence-corrected chi connectivity index (χ4v) is 5.69. The molecule has 124 valence electrons. The molecule has 0 unspecified atom stereocenters. The highest BCUT2D eigenvalue weighted by Gasteiger charge is 2.42. The highest BCUT2D eigenvalue weighted by Crippen LogP contribution is 2.37. The van der Waals surface area contributed by atoms with Crippen LogP contribution in [0.5, 0.6) is 0 Å². The van der Waals surface area contributed by atoms with Crippen molar-refractivity contribution in [2.24, 2.45) is 5.92 Å². The zero-order valence-electron chi connectivity index (χ0n) is 13.5. The van der Waals surface area contributed by atoms with Crippen LogP contribution in [0.4, 0.5) is 0 Å². The minimum Gasteiger partial charge on any atom is -0.351 e. The van der Waals surface area contributed by atoms with Crippen molar-refractivity contribution in [3.05, 3.63) is 17.0 Å². The number of nitrogens with zero attached hydrogens (tertiary/aromatic N) is 1. The minimum atomic E-state index is -3.46. The van der Waals surface area contributed by atoms with Gasteiger partial charge in [-0.3, -0.25) is 4.79 Å². The molecule has 22 heavy (non-hydrogen) atoms. The van der Waals surface area contributed by atoms with E-state index in [1.54, 1.807) is 16.4 Å². The third-order valence-corrected chi connectivity index (χ3v) is 7.55. The third-order valence-electron chi connectivity index (χ3n) is 3.95. The Morgan fingerprint density at radius 2 is 2.00 bits per heavy atom. The predicted molar refractivity (Wildman–Crippen MR) is 88.2 cm³/mol. The number of rotatable bonds is 7. The van der Waals surface area contributed by atoms with E-state index in [-0.39, 0.29) is 23.9 Å². The summed E-state index contributed by atoms with van der Waals surface area (Å²) in [6, 6.07) is 3.56. The zero-order chi connectivity index (χ0) is 16.5. The van der Waals surface area contributed by atoms with Gasteiger partial charge in [-0.2, -0.15) is 4.31 Å². The summed E-state index contributed by atoms with van der Waals surface area (Å²) in [5, 5.41) is 2.69. The molecule has 0 aromatic carbocycles. The van der Waals surface area contributed by atoms with Crippen molar-refractivity contribution >= 4 is 27.3 Å². The first-order chi connectivity index (χ1) is 10.2. The Balaban J connectivity index is 2.22. The van der Waals surface area contributed by atoms with Crippen LogP contribution in [0, 0.1) is 5.92 Å². The van der Waals surface area contributed by atoms with Crippen molar-refractivity contribution in [3.8, 4) is 0 Å². The molecule has 1 amide bonds. The first-order valence-electron chi connectivity index (χ1n) is 7.60. The lowest BCUT2D eigenvalue weighted by atomic mass is 10.1. The Hall–Kier alpha value is -0.920. The first kappa shape index (κ1) is 17.4. The van der Waals surface area contributed by atoms with E-state index < -0.39 is 10.0 Å². The highest BCUT2D eigenvalue weighted by molar-refractivity contribution is 7.91. The van der Waals surface area contributed by atoms with E-state index in [9.17, 15) is 13.2 Å². The average molecular weight is 345 g/mol. The molecule has 1 aromatic heterocycles. The number of hydrogen-bond acceptors (Lipinski definition) is 4. The van der Waals surface area contributed by atoms with Crippen LogP contribution < -0.4 is 5.32 Å². The Bertz CT molecular complexity index is 633. The number of hydrogen-bond donors (Lipinski definition) is 1. The molecule has 1 N–H and O–H groups in total. The monoisotopic (exact) mass is 344 g/mol. The number of carbonyl (C=O) groups excluding carboxylic acids is 1. The van der Waals surface area contributed by atoms with Crippen molar-refractivity contribution in [2.75, 3.05) is 0 Å². The van der Waals surface area contributed by atoms with Gasteiger partial charge in [-0.25, -0.2) is 8.42 Å². The molecule has 1 heterocycles. The highest BCUT2D eigenvalue weighted by atomic mass is 32.2. The van der Waals surface area contributed by atoms with Gasteiger partial charge < -0.3 is 5.32 Å². The van der Waals surface area contributed by atoms with Crippen LogP contribution in [0.3, 0.4) is 0 Å². The summed E-state index contributed by atoms with van der Waals surface area (Å²) < 4.78 is 28.0. The summed E-state index contributed by atoms with van der Waals surface area (Å²) in [4.78, 5) is 11.8. The molecule has 0 spiro atoms. The van der Waals surface area contributed by atoms with Crippen molar-refractivity contribution in [3.63, 3.8) is 0 Å². The van der Waals surface area contributed by atoms with Crippen LogP contribution >= 0.6 is 11.3 Å². The molecule has 0 saturated heterocycles. The molecule has 7 heteroatoms. The molecular formula is C15H24N2O3S2. The Kier molecular flexibility index (Phi) is 5.29. The number of nitrogens with one attached hydrogen (secondary N) is 1. The van der Waals surface area contributed by atoms with Crippen molar-refractivity contribution in [2.45, 2.75) is 63.4 Å². The number of carbonyl (C=O) groups is 1. The number of thiophene rings is 1. The van der Waals surface area contributed by atoms with E-state index in [0.717, 1.165) is 17.7 Å². The van der Waals surface area contributed by atoms with Gasteiger partial charge >= 0.3 is 0 Å². The molecule has 0 aliphatic heterocycles. The van der Waals surface area contributed by atoms with Gasteiger partial charge in [0.25, 0.3) is 10.0 Å². The van der Waals surface area contributed by atoms with E-state index >= 15 is 0 Å². The summed E-state index contributed by atoms with van der Waals surface area (Å²) >= 11 is 1.24. The van der Waals surface area contributed by atoms with Crippen molar-refractivity contribution in [1.82, 2.24) is 9.62 Å². The van der Waals surface area contributed by atoms with Crippen LogP contribution in [0.2, 0.25) is 0 Å². The predicted octanol–water partition coefficient (Wildman–Crippen LogP) is 2.58. The third kappa shape index (κ3) is 3.88. The lowest BCUT2D eigenvalue weighted by Gasteiger charge is -2.30.